The van der Waals surface area contributed by atoms with Gasteiger partial charge in [-0.15, -0.1) is 34.2 Å². The number of nitrogens with zero attached hydrogens (tertiary/aromatic N) is 4. The smallest absolute Gasteiger partial charge is 0.191 e. The third-order valence-corrected chi connectivity index (χ3v) is 3.88. The topological polar surface area (TPSA) is 85.1 Å². The summed E-state index contributed by atoms with van der Waals surface area (Å²) in [7, 11) is 1.75. The van der Waals surface area contributed by atoms with Gasteiger partial charge in [0.25, 0.3) is 0 Å². The summed E-state index contributed by atoms with van der Waals surface area (Å²) in [6.45, 7) is 3.63. The summed E-state index contributed by atoms with van der Waals surface area (Å²) in [5, 5.41) is 14.9. The van der Waals surface area contributed by atoms with Gasteiger partial charge < -0.3 is 20.1 Å². The standard InChI is InChI=1S/C16H24N6O2.HI/c1-17-16(18-7-4-9-24-13-6-10-23-12-13)19-11-15-21-20-14-5-2-3-8-22(14)15;/h2-3,5,8,13H,4,6-7,9-12H2,1H3,(H2,17,18,19);1H. The summed E-state index contributed by atoms with van der Waals surface area (Å²) in [6, 6.07) is 5.84. The molecule has 0 aromatic carbocycles. The first-order valence-electron chi connectivity index (χ1n) is 8.29. The molecule has 9 heteroatoms. The second kappa shape index (κ2) is 10.5. The molecule has 1 aliphatic heterocycles. The maximum Gasteiger partial charge on any atom is 0.191 e. The van der Waals surface area contributed by atoms with Gasteiger partial charge in [0.15, 0.2) is 17.4 Å². The molecule has 0 amide bonds. The Kier molecular flexibility index (Phi) is 8.35. The van der Waals surface area contributed by atoms with Gasteiger partial charge in [-0.1, -0.05) is 6.07 Å². The molecule has 138 valence electrons. The van der Waals surface area contributed by atoms with Gasteiger partial charge in [0.1, 0.15) is 0 Å². The fourth-order valence-electron chi connectivity index (χ4n) is 2.57. The van der Waals surface area contributed by atoms with E-state index in [4.69, 9.17) is 9.47 Å². The van der Waals surface area contributed by atoms with Gasteiger partial charge in [0.05, 0.1) is 19.3 Å². The van der Waals surface area contributed by atoms with Crippen LogP contribution in [-0.4, -0.2) is 60.1 Å². The van der Waals surface area contributed by atoms with Gasteiger partial charge in [-0.2, -0.15) is 0 Å². The predicted octanol–water partition coefficient (Wildman–Crippen LogP) is 1.21. The number of aliphatic imine (C=N–C) groups is 1. The average Bonchev–Trinajstić information content (AvgIpc) is 3.27. The lowest BCUT2D eigenvalue weighted by atomic mass is 10.3. The van der Waals surface area contributed by atoms with Gasteiger partial charge in [-0.05, 0) is 25.0 Å². The number of hydrogen-bond donors (Lipinski definition) is 2. The number of pyridine rings is 1. The second-order valence-corrected chi connectivity index (χ2v) is 5.61. The third kappa shape index (κ3) is 5.79. The van der Waals surface area contributed by atoms with Crippen LogP contribution < -0.4 is 10.6 Å². The van der Waals surface area contributed by atoms with E-state index in [0.29, 0.717) is 6.54 Å². The van der Waals surface area contributed by atoms with Gasteiger partial charge in [0.2, 0.25) is 0 Å². The van der Waals surface area contributed by atoms with E-state index in [1.165, 1.54) is 0 Å². The monoisotopic (exact) mass is 460 g/mol. The number of fused-ring (bicyclic) bond motifs is 1. The molecule has 1 saturated heterocycles. The quantitative estimate of drug-likeness (QED) is 0.280. The Hall–Kier alpha value is -1.46. The lowest BCUT2D eigenvalue weighted by Crippen LogP contribution is -2.38. The summed E-state index contributed by atoms with van der Waals surface area (Å²) >= 11 is 0. The Labute approximate surface area is 164 Å². The van der Waals surface area contributed by atoms with Crippen molar-refractivity contribution >= 4 is 35.6 Å². The predicted molar refractivity (Wildman–Crippen MR) is 106 cm³/mol. The molecule has 0 aliphatic carbocycles. The first kappa shape index (κ1) is 19.9. The summed E-state index contributed by atoms with van der Waals surface area (Å²) < 4.78 is 13.0. The van der Waals surface area contributed by atoms with Crippen molar-refractivity contribution in [2.45, 2.75) is 25.5 Å². The van der Waals surface area contributed by atoms with Gasteiger partial charge >= 0.3 is 0 Å². The Morgan fingerprint density at radius 1 is 1.40 bits per heavy atom. The molecular weight excluding hydrogens is 435 g/mol. The molecule has 8 nitrogen and oxygen atoms in total. The Balaban J connectivity index is 0.00000225. The Morgan fingerprint density at radius 3 is 3.12 bits per heavy atom. The highest BCUT2D eigenvalue weighted by Gasteiger charge is 2.15. The van der Waals surface area contributed by atoms with E-state index >= 15 is 0 Å². The number of halogens is 1. The van der Waals surface area contributed by atoms with E-state index in [-0.39, 0.29) is 30.1 Å². The molecule has 2 aromatic rings. The largest absolute Gasteiger partial charge is 0.379 e. The highest BCUT2D eigenvalue weighted by Crippen LogP contribution is 2.07. The van der Waals surface area contributed by atoms with Crippen molar-refractivity contribution in [3.63, 3.8) is 0 Å². The molecule has 1 fully saturated rings. The molecule has 0 spiro atoms. The van der Waals surface area contributed by atoms with Gasteiger partial charge in [-0.3, -0.25) is 9.39 Å². The Bertz CT molecular complexity index is 671. The van der Waals surface area contributed by atoms with E-state index < -0.39 is 0 Å². The molecule has 2 N–H and O–H groups in total. The summed E-state index contributed by atoms with van der Waals surface area (Å²) in [5.74, 6) is 1.59. The zero-order valence-corrected chi connectivity index (χ0v) is 16.7. The number of nitrogens with one attached hydrogen (secondary N) is 2. The Morgan fingerprint density at radius 2 is 2.32 bits per heavy atom. The minimum absolute atomic E-state index is 0. The van der Waals surface area contributed by atoms with Crippen molar-refractivity contribution < 1.29 is 9.47 Å². The highest BCUT2D eigenvalue weighted by molar-refractivity contribution is 14.0. The van der Waals surface area contributed by atoms with E-state index in [0.717, 1.165) is 56.6 Å². The molecule has 3 heterocycles. The molecule has 0 radical (unpaired) electrons. The number of ether oxygens (including phenoxy) is 2. The van der Waals surface area contributed by atoms with Crippen molar-refractivity contribution in [2.75, 3.05) is 33.4 Å². The van der Waals surface area contributed by atoms with Crippen LogP contribution in [0.2, 0.25) is 0 Å². The van der Waals surface area contributed by atoms with Crippen LogP contribution in [0.25, 0.3) is 5.65 Å². The molecule has 1 atom stereocenters. The molecular formula is C16H25IN6O2. The average molecular weight is 460 g/mol. The van der Waals surface area contributed by atoms with E-state index in [2.05, 4.69) is 25.8 Å². The summed E-state index contributed by atoms with van der Waals surface area (Å²) in [6.07, 6.45) is 4.14. The van der Waals surface area contributed by atoms with Crippen LogP contribution in [0.4, 0.5) is 0 Å². The van der Waals surface area contributed by atoms with Crippen molar-refractivity contribution in [3.8, 4) is 0 Å². The number of aromatic nitrogens is 3. The van der Waals surface area contributed by atoms with Gasteiger partial charge in [0, 0.05) is 33.0 Å². The molecule has 1 aliphatic rings. The van der Waals surface area contributed by atoms with E-state index in [1.54, 1.807) is 7.05 Å². The summed E-state index contributed by atoms with van der Waals surface area (Å²) in [4.78, 5) is 4.22. The fraction of sp³-hybridized carbons (Fsp3) is 0.562. The van der Waals surface area contributed by atoms with Crippen molar-refractivity contribution in [2.24, 2.45) is 4.99 Å². The zero-order valence-electron chi connectivity index (χ0n) is 14.4. The highest BCUT2D eigenvalue weighted by atomic mass is 127. The van der Waals surface area contributed by atoms with Crippen molar-refractivity contribution in [1.82, 2.24) is 25.2 Å². The number of guanidine groups is 1. The lowest BCUT2D eigenvalue weighted by Gasteiger charge is -2.12. The first-order chi connectivity index (χ1) is 11.9. The maximum atomic E-state index is 5.74. The molecule has 3 rings (SSSR count). The van der Waals surface area contributed by atoms with Gasteiger partial charge in [-0.25, -0.2) is 0 Å². The molecule has 1 unspecified atom stereocenters. The van der Waals surface area contributed by atoms with Crippen LogP contribution in [-0.2, 0) is 16.0 Å². The van der Waals surface area contributed by atoms with E-state index in [9.17, 15) is 0 Å². The molecule has 2 aromatic heterocycles. The van der Waals surface area contributed by atoms with Crippen LogP contribution in [0, 0.1) is 0 Å². The van der Waals surface area contributed by atoms with E-state index in [1.807, 2.05) is 28.8 Å². The van der Waals surface area contributed by atoms with Crippen molar-refractivity contribution in [1.29, 1.82) is 0 Å². The molecule has 0 bridgehead atoms. The van der Waals surface area contributed by atoms with Crippen LogP contribution in [0.3, 0.4) is 0 Å². The molecule has 25 heavy (non-hydrogen) atoms. The SMILES string of the molecule is CN=C(NCCCOC1CCOC1)NCc1nnc2ccccn12.I. The minimum Gasteiger partial charge on any atom is -0.379 e. The summed E-state index contributed by atoms with van der Waals surface area (Å²) in [5.41, 5.74) is 0.838. The molecule has 0 saturated carbocycles. The third-order valence-electron chi connectivity index (χ3n) is 3.88. The number of hydrogen-bond acceptors (Lipinski definition) is 5. The van der Waals surface area contributed by atoms with Crippen LogP contribution >= 0.6 is 24.0 Å². The fourth-order valence-corrected chi connectivity index (χ4v) is 2.57. The maximum absolute atomic E-state index is 5.74. The van der Waals surface area contributed by atoms with Crippen LogP contribution in [0.15, 0.2) is 29.4 Å². The number of rotatable bonds is 7. The minimum atomic E-state index is 0. The van der Waals surface area contributed by atoms with Crippen LogP contribution in [0.5, 0.6) is 0 Å². The lowest BCUT2D eigenvalue weighted by molar-refractivity contribution is 0.0420. The first-order valence-corrected chi connectivity index (χ1v) is 8.29. The zero-order chi connectivity index (χ0) is 16.6. The second-order valence-electron chi connectivity index (χ2n) is 5.61. The van der Waals surface area contributed by atoms with Crippen LogP contribution in [0.1, 0.15) is 18.7 Å². The van der Waals surface area contributed by atoms with Crippen molar-refractivity contribution in [3.05, 3.63) is 30.2 Å². The normalized spacial score (nSPS) is 17.5.